The number of rotatable bonds is 4. The van der Waals surface area contributed by atoms with Gasteiger partial charge in [-0.3, -0.25) is 0 Å². The first-order valence-electron chi connectivity index (χ1n) is 4.22. The van der Waals surface area contributed by atoms with Crippen molar-refractivity contribution in [3.8, 4) is 0 Å². The topological polar surface area (TPSA) is 60.2 Å². The number of hydrogen-bond donors (Lipinski definition) is 1. The maximum Gasteiger partial charge on any atom is 0.407 e. The normalized spacial score (nSPS) is 15.9. The van der Waals surface area contributed by atoms with Crippen molar-refractivity contribution in [3.05, 3.63) is 0 Å². The van der Waals surface area contributed by atoms with Crippen molar-refractivity contribution in [1.82, 2.24) is 0 Å². The van der Waals surface area contributed by atoms with Gasteiger partial charge < -0.3 is 0 Å². The van der Waals surface area contributed by atoms with E-state index in [9.17, 15) is 21.6 Å². The van der Waals surface area contributed by atoms with Gasteiger partial charge in [0.1, 0.15) is 0 Å². The van der Waals surface area contributed by atoms with Crippen LogP contribution in [0.3, 0.4) is 0 Å². The summed E-state index contributed by atoms with van der Waals surface area (Å²) in [6.45, 7) is 3.02. The summed E-state index contributed by atoms with van der Waals surface area (Å²) in [5.41, 5.74) is 0. The van der Waals surface area contributed by atoms with Gasteiger partial charge in [-0.15, -0.1) is 0 Å². The maximum atomic E-state index is 12.4. The zero-order valence-electron chi connectivity index (χ0n) is 8.00. The summed E-state index contributed by atoms with van der Waals surface area (Å²) >= 11 is 0. The van der Waals surface area contributed by atoms with Gasteiger partial charge in [0.15, 0.2) is 5.25 Å². The molecule has 3 nitrogen and oxygen atoms in total. The standard InChI is InChI=1S/C7H14F3NO2S/c1-3-5(4-2)6(7(8,9)10)14(11,12)13/h5-6H,3-4H2,1-2H3,(H2,11,12,13). The Kier molecular flexibility index (Phi) is 4.38. The van der Waals surface area contributed by atoms with Crippen LogP contribution in [0.1, 0.15) is 26.7 Å². The molecular weight excluding hydrogens is 219 g/mol. The highest BCUT2D eigenvalue weighted by atomic mass is 32.2. The van der Waals surface area contributed by atoms with Gasteiger partial charge in [0.05, 0.1) is 0 Å². The lowest BCUT2D eigenvalue weighted by Gasteiger charge is -2.25. The van der Waals surface area contributed by atoms with Crippen molar-refractivity contribution < 1.29 is 21.6 Å². The summed E-state index contributed by atoms with van der Waals surface area (Å²) in [6, 6.07) is 0. The van der Waals surface area contributed by atoms with Crippen LogP contribution in [0.25, 0.3) is 0 Å². The molecule has 0 fully saturated rings. The molecule has 0 rings (SSSR count). The zero-order valence-corrected chi connectivity index (χ0v) is 8.82. The number of alkyl halides is 3. The Bertz CT molecular complexity index is 269. The smallest absolute Gasteiger partial charge is 0.228 e. The summed E-state index contributed by atoms with van der Waals surface area (Å²) in [5, 5.41) is 2.13. The largest absolute Gasteiger partial charge is 0.407 e. The molecule has 0 amide bonds. The number of nitrogens with two attached hydrogens (primary N) is 1. The molecule has 0 saturated heterocycles. The minimum atomic E-state index is -4.79. The van der Waals surface area contributed by atoms with Crippen LogP contribution in [0.4, 0.5) is 13.2 Å². The molecule has 0 spiro atoms. The molecule has 1 unspecified atom stereocenters. The summed E-state index contributed by atoms with van der Waals surface area (Å²) in [6.07, 6.45) is -4.52. The second kappa shape index (κ2) is 4.48. The second-order valence-electron chi connectivity index (χ2n) is 3.13. The van der Waals surface area contributed by atoms with Crippen LogP contribution in [0.15, 0.2) is 0 Å². The summed E-state index contributed by atoms with van der Waals surface area (Å²) in [7, 11) is -4.57. The van der Waals surface area contributed by atoms with Crippen molar-refractivity contribution in [3.63, 3.8) is 0 Å². The van der Waals surface area contributed by atoms with Crippen LogP contribution in [0, 0.1) is 5.92 Å². The van der Waals surface area contributed by atoms with E-state index in [4.69, 9.17) is 0 Å². The SMILES string of the molecule is CCC(CC)C(C(F)(F)F)S(N)(=O)=O. The number of hydrogen-bond acceptors (Lipinski definition) is 2. The Morgan fingerprint density at radius 1 is 1.21 bits per heavy atom. The quantitative estimate of drug-likeness (QED) is 0.802. The van der Waals surface area contributed by atoms with E-state index >= 15 is 0 Å². The summed E-state index contributed by atoms with van der Waals surface area (Å²) < 4.78 is 58.7. The second-order valence-corrected chi connectivity index (χ2v) is 4.81. The molecule has 0 aliphatic carbocycles. The van der Waals surface area contributed by atoms with E-state index in [1.807, 2.05) is 0 Å². The lowest BCUT2D eigenvalue weighted by molar-refractivity contribution is -0.140. The molecule has 0 aliphatic rings. The number of halogens is 3. The summed E-state index contributed by atoms with van der Waals surface area (Å²) in [4.78, 5) is 0. The van der Waals surface area contributed by atoms with E-state index < -0.39 is 27.4 Å². The predicted octanol–water partition coefficient (Wildman–Crippen LogP) is 1.64. The van der Waals surface area contributed by atoms with Crippen LogP contribution in [-0.4, -0.2) is 19.8 Å². The van der Waals surface area contributed by atoms with E-state index in [0.717, 1.165) is 0 Å². The highest BCUT2D eigenvalue weighted by Gasteiger charge is 2.50. The van der Waals surface area contributed by atoms with Crippen LogP contribution in [-0.2, 0) is 10.0 Å². The van der Waals surface area contributed by atoms with Gasteiger partial charge in [-0.1, -0.05) is 26.7 Å². The number of primary sulfonamides is 1. The summed E-state index contributed by atoms with van der Waals surface area (Å²) in [5.74, 6) is -0.968. The van der Waals surface area contributed by atoms with Crippen molar-refractivity contribution in [2.24, 2.45) is 11.1 Å². The molecule has 0 saturated carbocycles. The van der Waals surface area contributed by atoms with Crippen molar-refractivity contribution in [2.75, 3.05) is 0 Å². The third-order valence-electron chi connectivity index (χ3n) is 2.15. The molecule has 0 aromatic rings. The molecule has 0 aromatic heterocycles. The van der Waals surface area contributed by atoms with E-state index in [1.54, 1.807) is 0 Å². The zero-order chi connectivity index (χ0) is 11.6. The van der Waals surface area contributed by atoms with Crippen LogP contribution in [0.5, 0.6) is 0 Å². The maximum absolute atomic E-state index is 12.4. The Balaban J connectivity index is 5.12. The monoisotopic (exact) mass is 233 g/mol. The van der Waals surface area contributed by atoms with Crippen molar-refractivity contribution in [1.29, 1.82) is 0 Å². The van der Waals surface area contributed by atoms with Gasteiger partial charge in [0.25, 0.3) is 0 Å². The van der Waals surface area contributed by atoms with Gasteiger partial charge >= 0.3 is 6.18 Å². The van der Waals surface area contributed by atoms with Gasteiger partial charge in [0, 0.05) is 0 Å². The van der Waals surface area contributed by atoms with E-state index in [-0.39, 0.29) is 12.8 Å². The van der Waals surface area contributed by atoms with Crippen molar-refractivity contribution in [2.45, 2.75) is 38.1 Å². The molecule has 2 N–H and O–H groups in total. The fraction of sp³-hybridized carbons (Fsp3) is 1.00. The highest BCUT2D eigenvalue weighted by molar-refractivity contribution is 7.89. The average molecular weight is 233 g/mol. The predicted molar refractivity (Wildman–Crippen MR) is 47.0 cm³/mol. The van der Waals surface area contributed by atoms with Gasteiger partial charge in [-0.05, 0) is 5.92 Å². The first kappa shape index (κ1) is 13.7. The molecule has 0 bridgehead atoms. The Hall–Kier alpha value is -0.300. The van der Waals surface area contributed by atoms with Crippen molar-refractivity contribution >= 4 is 10.0 Å². The average Bonchev–Trinajstić information content (AvgIpc) is 1.94. The first-order valence-corrected chi connectivity index (χ1v) is 5.83. The molecule has 7 heteroatoms. The van der Waals surface area contributed by atoms with E-state index in [2.05, 4.69) is 5.14 Å². The van der Waals surface area contributed by atoms with Crippen LogP contribution >= 0.6 is 0 Å². The molecule has 0 aromatic carbocycles. The minimum Gasteiger partial charge on any atom is -0.228 e. The lowest BCUT2D eigenvalue weighted by Crippen LogP contribution is -2.45. The molecular formula is C7H14F3NO2S. The van der Waals surface area contributed by atoms with Gasteiger partial charge in [-0.2, -0.15) is 13.2 Å². The highest BCUT2D eigenvalue weighted by Crippen LogP contribution is 2.33. The first-order chi connectivity index (χ1) is 6.14. The third kappa shape index (κ3) is 3.45. The third-order valence-corrected chi connectivity index (χ3v) is 3.51. The Morgan fingerprint density at radius 3 is 1.64 bits per heavy atom. The minimum absolute atomic E-state index is 0.136. The lowest BCUT2D eigenvalue weighted by atomic mass is 9.99. The molecule has 0 radical (unpaired) electrons. The Morgan fingerprint density at radius 2 is 1.57 bits per heavy atom. The molecule has 14 heavy (non-hydrogen) atoms. The van der Waals surface area contributed by atoms with Gasteiger partial charge in [0.2, 0.25) is 10.0 Å². The van der Waals surface area contributed by atoms with Gasteiger partial charge in [-0.25, -0.2) is 13.6 Å². The molecule has 1 atom stereocenters. The van der Waals surface area contributed by atoms with E-state index in [0.29, 0.717) is 0 Å². The fourth-order valence-corrected chi connectivity index (χ4v) is 2.73. The fourth-order valence-electron chi connectivity index (χ4n) is 1.44. The molecule has 86 valence electrons. The van der Waals surface area contributed by atoms with E-state index in [1.165, 1.54) is 13.8 Å². The Labute approximate surface area is 81.5 Å². The molecule has 0 heterocycles. The van der Waals surface area contributed by atoms with Crippen LogP contribution < -0.4 is 5.14 Å². The molecule has 0 aliphatic heterocycles. The van der Waals surface area contributed by atoms with Crippen LogP contribution in [0.2, 0.25) is 0 Å². The number of sulfonamides is 1.